The minimum atomic E-state index is 0.570. The minimum absolute atomic E-state index is 0.570. The van der Waals surface area contributed by atoms with Crippen LogP contribution in [0.3, 0.4) is 0 Å². The monoisotopic (exact) mass is 400 g/mol. The molecule has 0 aliphatic heterocycles. The van der Waals surface area contributed by atoms with Crippen molar-refractivity contribution in [1.29, 1.82) is 0 Å². The molecule has 3 rings (SSSR count). The summed E-state index contributed by atoms with van der Waals surface area (Å²) in [4.78, 5) is 0. The molecule has 1 saturated carbocycles. The summed E-state index contributed by atoms with van der Waals surface area (Å²) in [7, 11) is 0. The van der Waals surface area contributed by atoms with Crippen LogP contribution in [0.25, 0.3) is 11.4 Å². The van der Waals surface area contributed by atoms with Gasteiger partial charge in [-0.05, 0) is 43.5 Å². The molecule has 1 aromatic carbocycles. The van der Waals surface area contributed by atoms with E-state index in [4.69, 9.17) is 5.73 Å². The van der Waals surface area contributed by atoms with Crippen LogP contribution in [0.2, 0.25) is 0 Å². The van der Waals surface area contributed by atoms with Crippen molar-refractivity contribution in [2.24, 2.45) is 0 Å². The van der Waals surface area contributed by atoms with Gasteiger partial charge in [-0.15, -0.1) is 10.2 Å². The van der Waals surface area contributed by atoms with E-state index in [1.165, 1.54) is 70.6 Å². The lowest BCUT2D eigenvalue weighted by Crippen LogP contribution is -2.03. The number of hydrogen-bond donors (Lipinski definition) is 1. The summed E-state index contributed by atoms with van der Waals surface area (Å²) >= 11 is 1.90. The van der Waals surface area contributed by atoms with E-state index in [2.05, 4.69) is 40.7 Å². The van der Waals surface area contributed by atoms with Crippen molar-refractivity contribution < 1.29 is 0 Å². The summed E-state index contributed by atoms with van der Waals surface area (Å²) in [6.07, 6.45) is 14.8. The molecule has 4 nitrogen and oxygen atoms in total. The maximum absolute atomic E-state index is 5.84. The number of nitrogen functional groups attached to an aromatic ring is 1. The number of nitrogens with two attached hydrogens (primary N) is 1. The fourth-order valence-corrected chi connectivity index (χ4v) is 4.73. The van der Waals surface area contributed by atoms with Gasteiger partial charge in [0.25, 0.3) is 0 Å². The quantitative estimate of drug-likeness (QED) is 0.226. The Morgan fingerprint density at radius 3 is 2.29 bits per heavy atom. The van der Waals surface area contributed by atoms with Gasteiger partial charge in [0.2, 0.25) is 0 Å². The average Bonchev–Trinajstić information content (AvgIpc) is 3.45. The van der Waals surface area contributed by atoms with Gasteiger partial charge in [-0.3, -0.25) is 4.57 Å². The van der Waals surface area contributed by atoms with E-state index < -0.39 is 0 Å². The lowest BCUT2D eigenvalue weighted by atomic mass is 10.1. The predicted octanol–water partition coefficient (Wildman–Crippen LogP) is 6.87. The molecule has 2 aromatic rings. The summed E-state index contributed by atoms with van der Waals surface area (Å²) in [6, 6.07) is 8.56. The second kappa shape index (κ2) is 10.9. The zero-order chi connectivity index (χ0) is 19.8. The van der Waals surface area contributed by atoms with Crippen LogP contribution in [-0.4, -0.2) is 20.0 Å². The van der Waals surface area contributed by atoms with E-state index in [-0.39, 0.29) is 0 Å². The van der Waals surface area contributed by atoms with Crippen molar-refractivity contribution >= 4 is 17.4 Å². The molecule has 1 aromatic heterocycles. The lowest BCUT2D eigenvalue weighted by Gasteiger charge is -2.13. The van der Waals surface area contributed by atoms with Crippen molar-refractivity contribution in [3.63, 3.8) is 0 Å². The molecule has 154 valence electrons. The number of thioether (sulfide) groups is 1. The molecule has 1 atom stereocenters. The fourth-order valence-electron chi connectivity index (χ4n) is 3.65. The highest BCUT2D eigenvalue weighted by Gasteiger charge is 2.30. The Hall–Kier alpha value is -1.49. The summed E-state index contributed by atoms with van der Waals surface area (Å²) in [5, 5.41) is 10.7. The largest absolute Gasteiger partial charge is 0.399 e. The van der Waals surface area contributed by atoms with E-state index in [0.717, 1.165) is 22.2 Å². The molecule has 1 fully saturated rings. The van der Waals surface area contributed by atoms with E-state index in [0.29, 0.717) is 11.3 Å². The Labute approximate surface area is 174 Å². The van der Waals surface area contributed by atoms with Crippen molar-refractivity contribution in [2.45, 2.75) is 101 Å². The van der Waals surface area contributed by atoms with Gasteiger partial charge in [-0.25, -0.2) is 0 Å². The molecule has 1 heterocycles. The Bertz CT molecular complexity index is 706. The van der Waals surface area contributed by atoms with Gasteiger partial charge in [-0.1, -0.05) is 77.0 Å². The molecule has 1 aliphatic rings. The molecule has 2 N–H and O–H groups in total. The highest BCUT2D eigenvalue weighted by molar-refractivity contribution is 7.99. The molecule has 0 radical (unpaired) electrons. The van der Waals surface area contributed by atoms with Crippen LogP contribution >= 0.6 is 11.8 Å². The zero-order valence-electron chi connectivity index (χ0n) is 17.6. The molecule has 0 amide bonds. The highest BCUT2D eigenvalue weighted by Crippen LogP contribution is 2.42. The zero-order valence-corrected chi connectivity index (χ0v) is 18.4. The molecule has 1 unspecified atom stereocenters. The number of aromatic nitrogens is 3. The first kappa shape index (κ1) is 21.2. The number of nitrogens with zero attached hydrogens (tertiary/aromatic N) is 3. The third kappa shape index (κ3) is 6.26. The highest BCUT2D eigenvalue weighted by atomic mass is 32.2. The van der Waals surface area contributed by atoms with Gasteiger partial charge in [0.05, 0.1) is 0 Å². The molecular weight excluding hydrogens is 364 g/mol. The van der Waals surface area contributed by atoms with Gasteiger partial charge in [-0.2, -0.15) is 0 Å². The molecule has 0 bridgehead atoms. The lowest BCUT2D eigenvalue weighted by molar-refractivity contribution is 0.564. The summed E-state index contributed by atoms with van der Waals surface area (Å²) in [5.41, 5.74) is 7.73. The first-order valence-corrected chi connectivity index (χ1v) is 12.0. The van der Waals surface area contributed by atoms with E-state index >= 15 is 0 Å². The van der Waals surface area contributed by atoms with Gasteiger partial charge in [0.1, 0.15) is 0 Å². The standard InChI is InChI=1S/C23H36N4S/c1-3-4-5-6-7-8-9-10-11-18(2)28-23-26-25-22(27(23)21-16-17-21)19-12-14-20(24)15-13-19/h12-15,18,21H,3-11,16-17,24H2,1-2H3. The predicted molar refractivity (Wildman–Crippen MR) is 121 cm³/mol. The van der Waals surface area contributed by atoms with E-state index in [1.807, 2.05) is 23.9 Å². The molecule has 1 aliphatic carbocycles. The minimum Gasteiger partial charge on any atom is -0.399 e. The van der Waals surface area contributed by atoms with Crippen molar-refractivity contribution in [3.05, 3.63) is 24.3 Å². The average molecular weight is 401 g/mol. The topological polar surface area (TPSA) is 56.7 Å². The Morgan fingerprint density at radius 1 is 1.00 bits per heavy atom. The molecule has 0 spiro atoms. The Morgan fingerprint density at radius 2 is 1.64 bits per heavy atom. The summed E-state index contributed by atoms with van der Waals surface area (Å²) in [6.45, 7) is 4.61. The van der Waals surface area contributed by atoms with Crippen molar-refractivity contribution in [2.75, 3.05) is 5.73 Å². The van der Waals surface area contributed by atoms with E-state index in [9.17, 15) is 0 Å². The van der Waals surface area contributed by atoms with Crippen LogP contribution in [0.5, 0.6) is 0 Å². The van der Waals surface area contributed by atoms with Gasteiger partial charge in [0.15, 0.2) is 11.0 Å². The second-order valence-electron chi connectivity index (χ2n) is 8.22. The SMILES string of the molecule is CCCCCCCCCCC(C)Sc1nnc(-c2ccc(N)cc2)n1C1CC1. The maximum atomic E-state index is 5.84. The van der Waals surface area contributed by atoms with E-state index in [1.54, 1.807) is 0 Å². The van der Waals surface area contributed by atoms with Crippen LogP contribution < -0.4 is 5.73 Å². The molecule has 28 heavy (non-hydrogen) atoms. The Kier molecular flexibility index (Phi) is 8.26. The number of hydrogen-bond acceptors (Lipinski definition) is 4. The van der Waals surface area contributed by atoms with Gasteiger partial charge in [0, 0.05) is 22.5 Å². The number of benzene rings is 1. The van der Waals surface area contributed by atoms with Crippen LogP contribution in [0, 0.1) is 0 Å². The second-order valence-corrected chi connectivity index (χ2v) is 9.63. The smallest absolute Gasteiger partial charge is 0.192 e. The number of unbranched alkanes of at least 4 members (excludes halogenated alkanes) is 7. The van der Waals surface area contributed by atoms with Crippen LogP contribution in [0.4, 0.5) is 5.69 Å². The molecule has 5 heteroatoms. The normalized spacial score (nSPS) is 15.1. The Balaban J connectivity index is 1.48. The van der Waals surface area contributed by atoms with Gasteiger partial charge < -0.3 is 5.73 Å². The van der Waals surface area contributed by atoms with Crippen molar-refractivity contribution in [3.8, 4) is 11.4 Å². The third-order valence-electron chi connectivity index (χ3n) is 5.52. The third-order valence-corrected chi connectivity index (χ3v) is 6.64. The maximum Gasteiger partial charge on any atom is 0.192 e. The first-order chi connectivity index (χ1) is 13.7. The van der Waals surface area contributed by atoms with Gasteiger partial charge >= 0.3 is 0 Å². The van der Waals surface area contributed by atoms with Crippen molar-refractivity contribution in [1.82, 2.24) is 14.8 Å². The van der Waals surface area contributed by atoms with Crippen LogP contribution in [0.15, 0.2) is 29.4 Å². The number of anilines is 1. The van der Waals surface area contributed by atoms with Crippen LogP contribution in [0.1, 0.15) is 90.5 Å². The first-order valence-electron chi connectivity index (χ1n) is 11.2. The molecule has 0 saturated heterocycles. The number of rotatable bonds is 13. The summed E-state index contributed by atoms with van der Waals surface area (Å²) in [5.74, 6) is 0.990. The molecular formula is C23H36N4S. The summed E-state index contributed by atoms with van der Waals surface area (Å²) < 4.78 is 2.36. The van der Waals surface area contributed by atoms with Crippen LogP contribution in [-0.2, 0) is 0 Å². The fraction of sp³-hybridized carbons (Fsp3) is 0.652.